The van der Waals surface area contributed by atoms with Gasteiger partial charge in [-0.25, -0.2) is 17.6 Å². The first-order valence-corrected chi connectivity index (χ1v) is 5.32. The summed E-state index contributed by atoms with van der Waals surface area (Å²) in [6.45, 7) is 2.89. The summed E-state index contributed by atoms with van der Waals surface area (Å²) in [4.78, 5) is 0. The van der Waals surface area contributed by atoms with E-state index in [4.69, 9.17) is 0 Å². The lowest BCUT2D eigenvalue weighted by Gasteiger charge is -2.09. The second-order valence-electron chi connectivity index (χ2n) is 4.16. The van der Waals surface area contributed by atoms with Crippen molar-refractivity contribution in [1.29, 1.82) is 0 Å². The molecule has 0 fully saturated rings. The third-order valence-corrected chi connectivity index (χ3v) is 2.73. The minimum absolute atomic E-state index is 0.152. The molecule has 2 rings (SSSR count). The highest BCUT2D eigenvalue weighted by atomic mass is 19.2. The molecule has 0 saturated heterocycles. The summed E-state index contributed by atoms with van der Waals surface area (Å²) < 4.78 is 54.5. The molecule has 0 aliphatic carbocycles. The van der Waals surface area contributed by atoms with E-state index in [9.17, 15) is 17.6 Å². The van der Waals surface area contributed by atoms with Crippen LogP contribution >= 0.6 is 0 Å². The fourth-order valence-corrected chi connectivity index (χ4v) is 1.78. The number of hydrogen-bond acceptors (Lipinski definition) is 0. The van der Waals surface area contributed by atoms with Gasteiger partial charge < -0.3 is 0 Å². The van der Waals surface area contributed by atoms with Crippen molar-refractivity contribution in [2.45, 2.75) is 13.8 Å². The van der Waals surface area contributed by atoms with Crippen LogP contribution in [0, 0.1) is 37.1 Å². The van der Waals surface area contributed by atoms with Gasteiger partial charge in [-0.1, -0.05) is 12.1 Å². The molecular weight excluding hydrogens is 244 g/mol. The molecule has 0 aliphatic heterocycles. The van der Waals surface area contributed by atoms with Crippen LogP contribution in [0.2, 0.25) is 0 Å². The summed E-state index contributed by atoms with van der Waals surface area (Å²) in [5.74, 6) is -4.29. The summed E-state index contributed by atoms with van der Waals surface area (Å²) in [6.07, 6.45) is 0. The zero-order valence-electron chi connectivity index (χ0n) is 9.82. The monoisotopic (exact) mass is 254 g/mol. The Balaban J connectivity index is 2.75. The van der Waals surface area contributed by atoms with Gasteiger partial charge in [-0.2, -0.15) is 0 Å². The van der Waals surface area contributed by atoms with Crippen molar-refractivity contribution in [2.24, 2.45) is 0 Å². The maximum Gasteiger partial charge on any atom is 0.169 e. The van der Waals surface area contributed by atoms with Gasteiger partial charge in [-0.15, -0.1) is 0 Å². The van der Waals surface area contributed by atoms with Gasteiger partial charge in [0.05, 0.1) is 5.56 Å². The fourth-order valence-electron chi connectivity index (χ4n) is 1.78. The highest BCUT2D eigenvalue weighted by molar-refractivity contribution is 5.66. The number of benzene rings is 2. The van der Waals surface area contributed by atoms with Crippen LogP contribution in [0.15, 0.2) is 24.3 Å². The largest absolute Gasteiger partial charge is 0.206 e. The standard InChI is InChI=1S/C14H10F4/c1-7-3-4-9(10(15)5-7)12-11(16)6-8(2)13(17)14(12)18/h3-6H,1-2H3. The van der Waals surface area contributed by atoms with Crippen LogP contribution in [0.25, 0.3) is 11.1 Å². The third-order valence-electron chi connectivity index (χ3n) is 2.73. The second-order valence-corrected chi connectivity index (χ2v) is 4.16. The Morgan fingerprint density at radius 2 is 1.44 bits per heavy atom. The van der Waals surface area contributed by atoms with E-state index in [1.54, 1.807) is 6.92 Å². The molecule has 18 heavy (non-hydrogen) atoms. The lowest BCUT2D eigenvalue weighted by atomic mass is 10.0. The van der Waals surface area contributed by atoms with Crippen molar-refractivity contribution < 1.29 is 17.6 Å². The van der Waals surface area contributed by atoms with Crippen LogP contribution in [0.4, 0.5) is 17.6 Å². The smallest absolute Gasteiger partial charge is 0.169 e. The molecule has 2 aromatic rings. The van der Waals surface area contributed by atoms with Gasteiger partial charge in [0.25, 0.3) is 0 Å². The van der Waals surface area contributed by atoms with Crippen molar-refractivity contribution >= 4 is 0 Å². The molecule has 0 spiro atoms. The highest BCUT2D eigenvalue weighted by Crippen LogP contribution is 2.31. The molecule has 0 N–H and O–H groups in total. The van der Waals surface area contributed by atoms with E-state index < -0.39 is 28.8 Å². The lowest BCUT2D eigenvalue weighted by Crippen LogP contribution is -1.99. The van der Waals surface area contributed by atoms with Gasteiger partial charge in [0.2, 0.25) is 0 Å². The van der Waals surface area contributed by atoms with Crippen LogP contribution in [0.5, 0.6) is 0 Å². The Kier molecular flexibility index (Phi) is 3.11. The zero-order valence-corrected chi connectivity index (χ0v) is 9.82. The molecular formula is C14H10F4. The highest BCUT2D eigenvalue weighted by Gasteiger charge is 2.20. The van der Waals surface area contributed by atoms with Gasteiger partial charge in [0, 0.05) is 5.56 Å². The molecule has 0 unspecified atom stereocenters. The molecule has 0 aliphatic rings. The topological polar surface area (TPSA) is 0 Å². The maximum absolute atomic E-state index is 13.7. The molecule has 0 bridgehead atoms. The van der Waals surface area contributed by atoms with Gasteiger partial charge in [0.1, 0.15) is 11.6 Å². The van der Waals surface area contributed by atoms with Crippen molar-refractivity contribution in [1.82, 2.24) is 0 Å². The quantitative estimate of drug-likeness (QED) is 0.518. The Morgan fingerprint density at radius 3 is 2.06 bits per heavy atom. The summed E-state index contributed by atoms with van der Waals surface area (Å²) in [5.41, 5.74) is -0.490. The van der Waals surface area contributed by atoms with Gasteiger partial charge in [0.15, 0.2) is 11.6 Å². The van der Waals surface area contributed by atoms with Crippen LogP contribution in [-0.2, 0) is 0 Å². The number of hydrogen-bond donors (Lipinski definition) is 0. The Labute approximate surface area is 102 Å². The lowest BCUT2D eigenvalue weighted by molar-refractivity contribution is 0.492. The molecule has 0 radical (unpaired) electrons. The van der Waals surface area contributed by atoms with E-state index in [0.29, 0.717) is 5.56 Å². The first kappa shape index (κ1) is 12.6. The third kappa shape index (κ3) is 1.98. The minimum Gasteiger partial charge on any atom is -0.206 e. The summed E-state index contributed by atoms with van der Waals surface area (Å²) in [7, 11) is 0. The van der Waals surface area contributed by atoms with Crippen molar-refractivity contribution in [3.05, 3.63) is 58.7 Å². The molecule has 0 saturated carbocycles. The molecule has 4 heteroatoms. The molecule has 0 amide bonds. The van der Waals surface area contributed by atoms with E-state index in [2.05, 4.69) is 0 Å². The van der Waals surface area contributed by atoms with Gasteiger partial charge >= 0.3 is 0 Å². The predicted molar refractivity (Wildman–Crippen MR) is 61.2 cm³/mol. The predicted octanol–water partition coefficient (Wildman–Crippen LogP) is 4.53. The normalized spacial score (nSPS) is 10.8. The molecule has 2 aromatic carbocycles. The van der Waals surface area contributed by atoms with Crippen molar-refractivity contribution in [3.63, 3.8) is 0 Å². The SMILES string of the molecule is Cc1ccc(-c2c(F)cc(C)c(F)c2F)c(F)c1. The summed E-state index contributed by atoms with van der Waals surface area (Å²) >= 11 is 0. The van der Waals surface area contributed by atoms with Gasteiger partial charge in [-0.3, -0.25) is 0 Å². The maximum atomic E-state index is 13.7. The number of aryl methyl sites for hydroxylation is 2. The van der Waals surface area contributed by atoms with Crippen molar-refractivity contribution in [2.75, 3.05) is 0 Å². The number of halogens is 4. The first-order chi connectivity index (χ1) is 8.41. The first-order valence-electron chi connectivity index (χ1n) is 5.32. The van der Waals surface area contributed by atoms with Crippen LogP contribution < -0.4 is 0 Å². The Bertz CT molecular complexity index is 618. The number of rotatable bonds is 1. The molecule has 0 atom stereocenters. The van der Waals surface area contributed by atoms with E-state index in [1.165, 1.54) is 19.1 Å². The van der Waals surface area contributed by atoms with Crippen molar-refractivity contribution in [3.8, 4) is 11.1 Å². The zero-order chi connectivity index (χ0) is 13.4. The average Bonchev–Trinajstić information content (AvgIpc) is 2.29. The Hall–Kier alpha value is -1.84. The Morgan fingerprint density at radius 1 is 0.778 bits per heavy atom. The fraction of sp³-hybridized carbons (Fsp3) is 0.143. The molecule has 0 heterocycles. The van der Waals surface area contributed by atoms with E-state index in [-0.39, 0.29) is 11.1 Å². The summed E-state index contributed by atoms with van der Waals surface area (Å²) in [5, 5.41) is 0. The minimum atomic E-state index is -1.37. The van der Waals surface area contributed by atoms with E-state index in [0.717, 1.165) is 12.1 Å². The van der Waals surface area contributed by atoms with E-state index in [1.807, 2.05) is 0 Å². The second kappa shape index (κ2) is 4.44. The van der Waals surface area contributed by atoms with Crippen LogP contribution in [0.3, 0.4) is 0 Å². The van der Waals surface area contributed by atoms with Crippen LogP contribution in [-0.4, -0.2) is 0 Å². The van der Waals surface area contributed by atoms with Crippen LogP contribution in [0.1, 0.15) is 11.1 Å². The summed E-state index contributed by atoms with van der Waals surface area (Å²) in [6, 6.07) is 4.75. The van der Waals surface area contributed by atoms with Gasteiger partial charge in [-0.05, 0) is 37.1 Å². The molecule has 94 valence electrons. The van der Waals surface area contributed by atoms with E-state index >= 15 is 0 Å². The average molecular weight is 254 g/mol. The molecule has 0 nitrogen and oxygen atoms in total. The molecule has 0 aromatic heterocycles.